The van der Waals surface area contributed by atoms with Crippen molar-refractivity contribution in [3.05, 3.63) is 57.8 Å². The van der Waals surface area contributed by atoms with E-state index in [4.69, 9.17) is 23.2 Å². The molecule has 0 bridgehead atoms. The molecule has 1 amide bonds. The minimum atomic E-state index is -0.126. The SMILES string of the molecule is O=C(c1cc(Cl)ncc1Cl)N1CCCCc2ccccc21. The van der Waals surface area contributed by atoms with Crippen LogP contribution in [0.25, 0.3) is 0 Å². The Balaban J connectivity index is 2.03. The number of hydrogen-bond donors (Lipinski definition) is 0. The van der Waals surface area contributed by atoms with Crippen molar-refractivity contribution in [2.75, 3.05) is 11.4 Å². The summed E-state index contributed by atoms with van der Waals surface area (Å²) in [5.41, 5.74) is 2.55. The Bertz CT molecular complexity index is 688. The number of hydrogen-bond acceptors (Lipinski definition) is 2. The molecule has 1 aromatic carbocycles. The maximum atomic E-state index is 12.8. The highest BCUT2D eigenvalue weighted by molar-refractivity contribution is 6.35. The molecular formula is C16H14Cl2N2O. The third-order valence-corrected chi connectivity index (χ3v) is 4.17. The normalized spacial score (nSPS) is 14.5. The van der Waals surface area contributed by atoms with Crippen LogP contribution in [0.2, 0.25) is 10.2 Å². The van der Waals surface area contributed by atoms with Crippen LogP contribution in [-0.2, 0) is 6.42 Å². The average molecular weight is 321 g/mol. The first kappa shape index (κ1) is 14.4. The van der Waals surface area contributed by atoms with Gasteiger partial charge in [0.15, 0.2) is 0 Å². The number of rotatable bonds is 1. The zero-order valence-electron chi connectivity index (χ0n) is 11.4. The van der Waals surface area contributed by atoms with Crippen molar-refractivity contribution in [3.63, 3.8) is 0 Å². The summed E-state index contributed by atoms with van der Waals surface area (Å²) in [6.45, 7) is 0.687. The molecule has 1 aliphatic heterocycles. The molecule has 1 aromatic heterocycles. The van der Waals surface area contributed by atoms with E-state index in [1.165, 1.54) is 17.8 Å². The minimum absolute atomic E-state index is 0.126. The summed E-state index contributed by atoms with van der Waals surface area (Å²) in [7, 11) is 0. The third kappa shape index (κ3) is 2.89. The first-order chi connectivity index (χ1) is 10.2. The molecule has 3 rings (SSSR count). The molecule has 0 N–H and O–H groups in total. The van der Waals surface area contributed by atoms with Crippen molar-refractivity contribution in [1.29, 1.82) is 0 Å². The molecule has 0 atom stereocenters. The van der Waals surface area contributed by atoms with E-state index in [1.807, 2.05) is 18.2 Å². The molecule has 21 heavy (non-hydrogen) atoms. The van der Waals surface area contributed by atoms with E-state index >= 15 is 0 Å². The molecule has 0 saturated heterocycles. The quantitative estimate of drug-likeness (QED) is 0.731. The lowest BCUT2D eigenvalue weighted by Crippen LogP contribution is -2.32. The number of benzene rings is 1. The monoisotopic (exact) mass is 320 g/mol. The van der Waals surface area contributed by atoms with Crippen molar-refractivity contribution in [2.24, 2.45) is 0 Å². The number of nitrogens with zero attached hydrogens (tertiary/aromatic N) is 2. The fourth-order valence-corrected chi connectivity index (χ4v) is 2.97. The zero-order valence-corrected chi connectivity index (χ0v) is 12.9. The van der Waals surface area contributed by atoms with Crippen LogP contribution in [0.3, 0.4) is 0 Å². The van der Waals surface area contributed by atoms with Gasteiger partial charge in [-0.05, 0) is 37.0 Å². The second-order valence-electron chi connectivity index (χ2n) is 5.03. The maximum Gasteiger partial charge on any atom is 0.259 e. The number of aryl methyl sites for hydroxylation is 1. The fourth-order valence-electron chi connectivity index (χ4n) is 2.62. The summed E-state index contributed by atoms with van der Waals surface area (Å²) in [6, 6.07) is 9.53. The van der Waals surface area contributed by atoms with Crippen LogP contribution in [0, 0.1) is 0 Å². The Morgan fingerprint density at radius 3 is 2.86 bits per heavy atom. The number of para-hydroxylation sites is 1. The van der Waals surface area contributed by atoms with Gasteiger partial charge in [-0.3, -0.25) is 4.79 Å². The van der Waals surface area contributed by atoms with E-state index in [9.17, 15) is 4.79 Å². The topological polar surface area (TPSA) is 33.2 Å². The molecule has 2 aromatic rings. The number of pyridine rings is 1. The Kier molecular flexibility index (Phi) is 4.13. The molecule has 2 heterocycles. The number of carbonyl (C=O) groups is 1. The maximum absolute atomic E-state index is 12.8. The van der Waals surface area contributed by atoms with Crippen LogP contribution < -0.4 is 4.90 Å². The van der Waals surface area contributed by atoms with Gasteiger partial charge < -0.3 is 4.90 Å². The summed E-state index contributed by atoms with van der Waals surface area (Å²) in [4.78, 5) is 18.5. The minimum Gasteiger partial charge on any atom is -0.308 e. The van der Waals surface area contributed by atoms with Crippen LogP contribution in [0.4, 0.5) is 5.69 Å². The zero-order chi connectivity index (χ0) is 14.8. The molecular weight excluding hydrogens is 307 g/mol. The van der Waals surface area contributed by atoms with Crippen LogP contribution in [0.5, 0.6) is 0 Å². The second-order valence-corrected chi connectivity index (χ2v) is 5.82. The number of fused-ring (bicyclic) bond motifs is 1. The molecule has 3 nitrogen and oxygen atoms in total. The lowest BCUT2D eigenvalue weighted by molar-refractivity contribution is 0.0987. The van der Waals surface area contributed by atoms with Gasteiger partial charge in [-0.25, -0.2) is 4.98 Å². The molecule has 0 unspecified atom stereocenters. The van der Waals surface area contributed by atoms with Gasteiger partial charge in [0.25, 0.3) is 5.91 Å². The molecule has 1 aliphatic rings. The van der Waals surface area contributed by atoms with Crippen molar-refractivity contribution in [2.45, 2.75) is 19.3 Å². The fraction of sp³-hybridized carbons (Fsp3) is 0.250. The first-order valence-corrected chi connectivity index (χ1v) is 7.63. The highest BCUT2D eigenvalue weighted by Gasteiger charge is 2.24. The van der Waals surface area contributed by atoms with E-state index < -0.39 is 0 Å². The Morgan fingerprint density at radius 2 is 2.00 bits per heavy atom. The van der Waals surface area contributed by atoms with Gasteiger partial charge in [-0.2, -0.15) is 0 Å². The van der Waals surface area contributed by atoms with Crippen molar-refractivity contribution < 1.29 is 4.79 Å². The smallest absolute Gasteiger partial charge is 0.259 e. The van der Waals surface area contributed by atoms with Gasteiger partial charge in [0.05, 0.1) is 10.6 Å². The summed E-state index contributed by atoms with van der Waals surface area (Å²) in [6.07, 6.45) is 4.45. The number of aromatic nitrogens is 1. The largest absolute Gasteiger partial charge is 0.308 e. The van der Waals surface area contributed by atoms with Gasteiger partial charge >= 0.3 is 0 Å². The van der Waals surface area contributed by atoms with Crippen molar-refractivity contribution in [3.8, 4) is 0 Å². The summed E-state index contributed by atoms with van der Waals surface area (Å²) in [5.74, 6) is -0.126. The Hall–Kier alpha value is -1.58. The van der Waals surface area contributed by atoms with Crippen molar-refractivity contribution in [1.82, 2.24) is 4.98 Å². The number of amides is 1. The van der Waals surface area contributed by atoms with Crippen LogP contribution in [0.15, 0.2) is 36.5 Å². The van der Waals surface area contributed by atoms with E-state index in [0.29, 0.717) is 17.1 Å². The van der Waals surface area contributed by atoms with Gasteiger partial charge in [-0.15, -0.1) is 0 Å². The lowest BCUT2D eigenvalue weighted by atomic mass is 10.1. The highest BCUT2D eigenvalue weighted by Crippen LogP contribution is 2.29. The third-order valence-electron chi connectivity index (χ3n) is 3.66. The van der Waals surface area contributed by atoms with Gasteiger partial charge in [0.2, 0.25) is 0 Å². The van der Waals surface area contributed by atoms with E-state index in [-0.39, 0.29) is 11.1 Å². The molecule has 5 heteroatoms. The molecule has 0 aliphatic carbocycles. The Morgan fingerprint density at radius 1 is 1.19 bits per heavy atom. The van der Waals surface area contributed by atoms with Gasteiger partial charge in [0.1, 0.15) is 5.15 Å². The standard InChI is InChI=1S/C16H14Cl2N2O/c17-13-10-19-15(18)9-12(13)16(21)20-8-4-3-6-11-5-1-2-7-14(11)20/h1-2,5,7,9-10H,3-4,6,8H2. The van der Waals surface area contributed by atoms with E-state index in [0.717, 1.165) is 24.9 Å². The molecule has 108 valence electrons. The molecule has 0 radical (unpaired) electrons. The summed E-state index contributed by atoms with van der Waals surface area (Å²) in [5, 5.41) is 0.594. The predicted molar refractivity (Wildman–Crippen MR) is 85.3 cm³/mol. The highest BCUT2D eigenvalue weighted by atomic mass is 35.5. The molecule has 0 spiro atoms. The molecule has 0 fully saturated rings. The molecule has 0 saturated carbocycles. The van der Waals surface area contributed by atoms with Crippen molar-refractivity contribution >= 4 is 34.8 Å². The lowest BCUT2D eigenvalue weighted by Gasteiger charge is -2.23. The van der Waals surface area contributed by atoms with E-state index in [2.05, 4.69) is 11.1 Å². The predicted octanol–water partition coefficient (Wildman–Crippen LogP) is 4.37. The van der Waals surface area contributed by atoms with E-state index in [1.54, 1.807) is 4.90 Å². The Labute approximate surface area is 133 Å². The first-order valence-electron chi connectivity index (χ1n) is 6.87. The van der Waals surface area contributed by atoms with Gasteiger partial charge in [-0.1, -0.05) is 41.4 Å². The number of anilines is 1. The summed E-state index contributed by atoms with van der Waals surface area (Å²) < 4.78 is 0. The van der Waals surface area contributed by atoms with Gasteiger partial charge in [0, 0.05) is 18.4 Å². The van der Waals surface area contributed by atoms with Crippen LogP contribution >= 0.6 is 23.2 Å². The number of halogens is 2. The average Bonchev–Trinajstić information content (AvgIpc) is 2.71. The number of carbonyl (C=O) groups excluding carboxylic acids is 1. The summed E-state index contributed by atoms with van der Waals surface area (Å²) >= 11 is 12.0. The van der Waals surface area contributed by atoms with Crippen LogP contribution in [0.1, 0.15) is 28.8 Å². The van der Waals surface area contributed by atoms with Crippen LogP contribution in [-0.4, -0.2) is 17.4 Å². The second kappa shape index (κ2) is 6.04.